The van der Waals surface area contributed by atoms with Gasteiger partial charge in [-0.25, -0.2) is 0 Å². The Morgan fingerprint density at radius 3 is 2.55 bits per heavy atom. The van der Waals surface area contributed by atoms with Crippen LogP contribution in [0.25, 0.3) is 0 Å². The van der Waals surface area contributed by atoms with E-state index in [1.54, 1.807) is 0 Å². The molecule has 1 atom stereocenters. The van der Waals surface area contributed by atoms with Crippen molar-refractivity contribution < 1.29 is 0 Å². The molecule has 0 aromatic heterocycles. The Bertz CT molecular complexity index is 567. The van der Waals surface area contributed by atoms with Crippen LogP contribution in [0.2, 0.25) is 0 Å². The maximum atomic E-state index is 6.15. The lowest BCUT2D eigenvalue weighted by Crippen LogP contribution is -2.33. The minimum absolute atomic E-state index is 0.207. The highest BCUT2D eigenvalue weighted by Crippen LogP contribution is 2.41. The van der Waals surface area contributed by atoms with Crippen LogP contribution < -0.4 is 5.73 Å². The summed E-state index contributed by atoms with van der Waals surface area (Å²) in [5.74, 6) is 1.13. The molecule has 2 aromatic rings. The van der Waals surface area contributed by atoms with Gasteiger partial charge in [-0.15, -0.1) is 11.8 Å². The van der Waals surface area contributed by atoms with E-state index in [0.717, 1.165) is 12.3 Å². The van der Waals surface area contributed by atoms with E-state index in [1.165, 1.54) is 35.3 Å². The van der Waals surface area contributed by atoms with Gasteiger partial charge in [0.05, 0.1) is 0 Å². The van der Waals surface area contributed by atoms with E-state index >= 15 is 0 Å². The lowest BCUT2D eigenvalue weighted by Gasteiger charge is -2.29. The van der Waals surface area contributed by atoms with Crippen LogP contribution in [-0.2, 0) is 11.8 Å². The summed E-state index contributed by atoms with van der Waals surface area (Å²) in [5, 5.41) is 0. The largest absolute Gasteiger partial charge is 0.330 e. The number of nitrogens with two attached hydrogens (primary N) is 1. The van der Waals surface area contributed by atoms with E-state index in [-0.39, 0.29) is 5.41 Å². The third-order valence-corrected chi connectivity index (χ3v) is 5.46. The van der Waals surface area contributed by atoms with E-state index in [0.29, 0.717) is 0 Å². The molecule has 20 heavy (non-hydrogen) atoms. The molecule has 1 nitrogen and oxygen atoms in total. The summed E-state index contributed by atoms with van der Waals surface area (Å²) in [6.07, 6.45) is 3.56. The molecule has 0 aliphatic heterocycles. The molecule has 3 rings (SSSR count). The predicted molar refractivity (Wildman–Crippen MR) is 87.3 cm³/mol. The summed E-state index contributed by atoms with van der Waals surface area (Å²) in [6.45, 7) is 0.763. The lowest BCUT2D eigenvalue weighted by atomic mass is 9.79. The Balaban J connectivity index is 1.69. The zero-order chi connectivity index (χ0) is 13.8. The van der Waals surface area contributed by atoms with Crippen LogP contribution in [0.3, 0.4) is 0 Å². The van der Waals surface area contributed by atoms with Gasteiger partial charge in [0.2, 0.25) is 0 Å². The van der Waals surface area contributed by atoms with Crippen molar-refractivity contribution >= 4 is 11.8 Å². The molecule has 1 unspecified atom stereocenters. The predicted octanol–water partition coefficient (Wildman–Crippen LogP) is 4.01. The van der Waals surface area contributed by atoms with Gasteiger partial charge in [-0.2, -0.15) is 0 Å². The van der Waals surface area contributed by atoms with E-state index in [4.69, 9.17) is 5.73 Å². The van der Waals surface area contributed by atoms with Crippen LogP contribution in [-0.4, -0.2) is 12.3 Å². The molecular formula is C18H21NS. The van der Waals surface area contributed by atoms with E-state index < -0.39 is 0 Å². The number of fused-ring (bicyclic) bond motifs is 1. The van der Waals surface area contributed by atoms with Gasteiger partial charge in [-0.1, -0.05) is 42.5 Å². The van der Waals surface area contributed by atoms with Gasteiger partial charge in [0.15, 0.2) is 0 Å². The number of hydrogen-bond acceptors (Lipinski definition) is 2. The topological polar surface area (TPSA) is 26.0 Å². The number of benzene rings is 2. The summed E-state index contributed by atoms with van der Waals surface area (Å²) in [7, 11) is 0. The minimum atomic E-state index is 0.207. The molecule has 1 aliphatic carbocycles. The highest BCUT2D eigenvalue weighted by molar-refractivity contribution is 7.99. The maximum absolute atomic E-state index is 6.15. The third-order valence-electron chi connectivity index (χ3n) is 4.44. The van der Waals surface area contributed by atoms with Crippen LogP contribution in [0.15, 0.2) is 59.5 Å². The van der Waals surface area contributed by atoms with Crippen LogP contribution in [0.1, 0.15) is 24.0 Å². The minimum Gasteiger partial charge on any atom is -0.330 e. The Kier molecular flexibility index (Phi) is 4.13. The summed E-state index contributed by atoms with van der Waals surface area (Å²) in [4.78, 5) is 1.35. The molecule has 0 saturated carbocycles. The Morgan fingerprint density at radius 1 is 1.00 bits per heavy atom. The monoisotopic (exact) mass is 283 g/mol. The van der Waals surface area contributed by atoms with Gasteiger partial charge in [0, 0.05) is 16.9 Å². The Morgan fingerprint density at radius 2 is 1.75 bits per heavy atom. The number of aryl methyl sites for hydroxylation is 1. The summed E-state index contributed by atoms with van der Waals surface area (Å²) in [6, 6.07) is 19.5. The highest BCUT2D eigenvalue weighted by atomic mass is 32.2. The van der Waals surface area contributed by atoms with Crippen LogP contribution in [0, 0.1) is 0 Å². The second-order valence-electron chi connectivity index (χ2n) is 5.55. The van der Waals surface area contributed by atoms with Crippen LogP contribution in [0.4, 0.5) is 0 Å². The summed E-state index contributed by atoms with van der Waals surface area (Å²) >= 11 is 1.94. The van der Waals surface area contributed by atoms with Crippen LogP contribution in [0.5, 0.6) is 0 Å². The molecule has 0 radical (unpaired) electrons. The molecule has 0 bridgehead atoms. The second kappa shape index (κ2) is 6.02. The fraction of sp³-hybridized carbons (Fsp3) is 0.333. The van der Waals surface area contributed by atoms with E-state index in [2.05, 4.69) is 54.6 Å². The molecule has 2 heteroatoms. The lowest BCUT2D eigenvalue weighted by molar-refractivity contribution is 0.423. The van der Waals surface area contributed by atoms with Gasteiger partial charge in [-0.3, -0.25) is 0 Å². The average molecular weight is 283 g/mol. The first-order valence-corrected chi connectivity index (χ1v) is 8.29. The third kappa shape index (κ3) is 2.63. The molecule has 1 aliphatic rings. The van der Waals surface area contributed by atoms with E-state index in [9.17, 15) is 0 Å². The average Bonchev–Trinajstić information content (AvgIpc) is 2.88. The van der Waals surface area contributed by atoms with Crippen LogP contribution >= 0.6 is 11.8 Å². The van der Waals surface area contributed by atoms with Crippen molar-refractivity contribution in [2.24, 2.45) is 5.73 Å². The quantitative estimate of drug-likeness (QED) is 0.839. The van der Waals surface area contributed by atoms with Gasteiger partial charge in [0.25, 0.3) is 0 Å². The standard InChI is InChI=1S/C18H21NS/c19-14-18(11-10-15-6-4-5-9-17(15)18)12-13-20-16-7-2-1-3-8-16/h1-9H,10-14,19H2. The number of thioether (sulfide) groups is 1. The van der Waals surface area contributed by atoms with Crippen molar-refractivity contribution in [3.05, 3.63) is 65.7 Å². The molecule has 2 aromatic carbocycles. The molecule has 0 amide bonds. The summed E-state index contributed by atoms with van der Waals surface area (Å²) in [5.41, 5.74) is 9.36. The summed E-state index contributed by atoms with van der Waals surface area (Å²) < 4.78 is 0. The van der Waals surface area contributed by atoms with Gasteiger partial charge < -0.3 is 5.73 Å². The molecule has 0 heterocycles. The number of rotatable bonds is 5. The first kappa shape index (κ1) is 13.7. The highest BCUT2D eigenvalue weighted by Gasteiger charge is 2.36. The second-order valence-corrected chi connectivity index (χ2v) is 6.72. The zero-order valence-electron chi connectivity index (χ0n) is 11.7. The molecule has 0 fully saturated rings. The smallest absolute Gasteiger partial charge is 0.00893 e. The normalized spacial score (nSPS) is 20.9. The van der Waals surface area contributed by atoms with E-state index in [1.807, 2.05) is 11.8 Å². The van der Waals surface area contributed by atoms with Crippen molar-refractivity contribution in [1.82, 2.24) is 0 Å². The first-order chi connectivity index (χ1) is 9.84. The molecule has 0 saturated heterocycles. The van der Waals surface area contributed by atoms with Gasteiger partial charge in [-0.05, 0) is 48.3 Å². The van der Waals surface area contributed by atoms with Crippen molar-refractivity contribution in [2.75, 3.05) is 12.3 Å². The molecule has 2 N–H and O–H groups in total. The van der Waals surface area contributed by atoms with Crippen molar-refractivity contribution in [1.29, 1.82) is 0 Å². The molecule has 104 valence electrons. The fourth-order valence-electron chi connectivity index (χ4n) is 3.22. The molecule has 0 spiro atoms. The van der Waals surface area contributed by atoms with Crippen molar-refractivity contribution in [3.63, 3.8) is 0 Å². The first-order valence-electron chi connectivity index (χ1n) is 7.30. The Labute approximate surface area is 125 Å². The van der Waals surface area contributed by atoms with Crippen molar-refractivity contribution in [2.45, 2.75) is 29.6 Å². The SMILES string of the molecule is NCC1(CCSc2ccccc2)CCc2ccccc21. The molecular weight excluding hydrogens is 262 g/mol. The fourth-order valence-corrected chi connectivity index (χ4v) is 4.30. The maximum Gasteiger partial charge on any atom is 0.00893 e. The zero-order valence-corrected chi connectivity index (χ0v) is 12.5. The van der Waals surface area contributed by atoms with Gasteiger partial charge in [0.1, 0.15) is 0 Å². The van der Waals surface area contributed by atoms with Crippen molar-refractivity contribution in [3.8, 4) is 0 Å². The number of hydrogen-bond donors (Lipinski definition) is 1. The Hall–Kier alpha value is -1.25. The van der Waals surface area contributed by atoms with Gasteiger partial charge >= 0.3 is 0 Å².